The lowest BCUT2D eigenvalue weighted by atomic mass is 9.91. The van der Waals surface area contributed by atoms with Crippen molar-refractivity contribution in [3.8, 4) is 0 Å². The fourth-order valence-corrected chi connectivity index (χ4v) is 17.8. The Hall–Kier alpha value is -2.40. The topological polar surface area (TPSA) is 950 Å². The van der Waals surface area contributed by atoms with Gasteiger partial charge < -0.3 is 298 Å². The van der Waals surface area contributed by atoms with E-state index in [0.717, 1.165) is 7.11 Å². The normalized spacial score (nSPS) is 53.5. The molecule has 134 heavy (non-hydrogen) atoms. The van der Waals surface area contributed by atoms with Crippen LogP contribution in [0.4, 0.5) is 0 Å². The van der Waals surface area contributed by atoms with Crippen LogP contribution in [0.25, 0.3) is 0 Å². The summed E-state index contributed by atoms with van der Waals surface area (Å²) in [7, 11) is 1.14. The predicted octanol–water partition coefficient (Wildman–Crippen LogP) is -25.2. The van der Waals surface area contributed by atoms with E-state index < -0.39 is 448 Å². The van der Waals surface area contributed by atoms with Crippen molar-refractivity contribution >= 4 is 0 Å². The van der Waals surface area contributed by atoms with Gasteiger partial charge in [-0.2, -0.15) is 0 Å². The second-order valence-corrected chi connectivity index (χ2v) is 34.2. The van der Waals surface area contributed by atoms with Crippen LogP contribution in [0.15, 0.2) is 0 Å². The van der Waals surface area contributed by atoms with Crippen LogP contribution in [0.5, 0.6) is 0 Å². The number of hydrogen-bond donors (Lipinski definition) is 36. The Morgan fingerprint density at radius 2 is 0.239 bits per heavy atom. The highest BCUT2D eigenvalue weighted by molar-refractivity contribution is 5.05. The molecule has 0 radical (unpaired) electrons. The second-order valence-electron chi connectivity index (χ2n) is 34.2. The Balaban J connectivity index is 0.602. The minimum atomic E-state index is -2.35. The van der Waals surface area contributed by atoms with Crippen molar-refractivity contribution in [1.82, 2.24) is 0 Å². The third-order valence-electron chi connectivity index (χ3n) is 25.7. The molecule has 0 spiro atoms. The first-order valence-electron chi connectivity index (χ1n) is 43.0. The lowest BCUT2D eigenvalue weighted by Gasteiger charge is -2.50. The molecule has 0 saturated carbocycles. The average Bonchev–Trinajstić information content (AvgIpc) is 0.770. The largest absolute Gasteiger partial charge is 0.394 e. The van der Waals surface area contributed by atoms with E-state index in [4.69, 9.17) is 114 Å². The highest BCUT2D eigenvalue weighted by atomic mass is 16.8. The van der Waals surface area contributed by atoms with Crippen LogP contribution in [-0.2, 0) is 114 Å². The van der Waals surface area contributed by atoms with Gasteiger partial charge in [-0.15, -0.1) is 0 Å². The summed E-state index contributed by atoms with van der Waals surface area (Å²) in [6, 6.07) is 0. The van der Waals surface area contributed by atoms with Crippen molar-refractivity contribution in [2.24, 2.45) is 5.92 Å². The van der Waals surface area contributed by atoms with Gasteiger partial charge in [0.25, 0.3) is 0 Å². The maximum Gasteiger partial charge on any atom is 0.187 e. The lowest BCUT2D eigenvalue weighted by molar-refractivity contribution is -0.401. The van der Waals surface area contributed by atoms with Gasteiger partial charge in [0.05, 0.1) is 91.5 Å². The molecular weight excluding hydrogens is 1850 g/mol. The quantitative estimate of drug-likeness (QED) is 0.0280. The zero-order chi connectivity index (χ0) is 98.1. The number of rotatable bonds is 35. The van der Waals surface area contributed by atoms with Gasteiger partial charge in [-0.05, 0) is 0 Å². The van der Waals surface area contributed by atoms with Crippen LogP contribution in [0.1, 0.15) is 6.92 Å². The van der Waals surface area contributed by atoms with Crippen LogP contribution in [0.2, 0.25) is 0 Å². The Kier molecular flexibility index (Phi) is 39.6. The van der Waals surface area contributed by atoms with Gasteiger partial charge in [-0.1, -0.05) is 6.92 Å². The van der Waals surface area contributed by atoms with Gasteiger partial charge in [-0.25, -0.2) is 0 Å². The summed E-state index contributed by atoms with van der Waals surface area (Å²) >= 11 is 0. The maximum atomic E-state index is 11.6. The van der Waals surface area contributed by atoms with E-state index in [2.05, 4.69) is 0 Å². The molecule has 0 aromatic heterocycles. The molecule has 60 atom stereocenters. The van der Waals surface area contributed by atoms with Crippen molar-refractivity contribution in [2.75, 3.05) is 86.4 Å². The van der Waals surface area contributed by atoms with Crippen molar-refractivity contribution in [2.45, 2.75) is 369 Å². The summed E-state index contributed by atoms with van der Waals surface area (Å²) in [5, 5.41) is 395. The highest BCUT2D eigenvalue weighted by Crippen LogP contribution is 2.43. The van der Waals surface area contributed by atoms with Gasteiger partial charge in [0.15, 0.2) is 75.5 Å². The van der Waals surface area contributed by atoms with Gasteiger partial charge in [0, 0.05) is 13.0 Å². The molecular formula is C74H126O60. The third-order valence-corrected chi connectivity index (χ3v) is 25.7. The molecule has 782 valence electrons. The summed E-state index contributed by atoms with van der Waals surface area (Å²) < 4.78 is 136. The molecule has 60 heteroatoms. The Labute approximate surface area is 757 Å². The first-order chi connectivity index (χ1) is 63.7. The number of ether oxygens (including phenoxy) is 24. The standard InChI is InChI=1S/C74H126O60/c1-15-16(3-75)112-64(40(99)28(15)87)124-53-18(5-77)114-66(42(101)30(53)89)126-55-20(7-79)116-68(44(103)32(55)91)128-57-22(9-81)118-70(46(105)34(57)93)130-59-24(11-83)120-72(48(107)36(59)95)132-61-26(13-85)122-74(50(109)38(61)97)134-62-27(14-86)123-73(51(110)39(62)98)133-60-25(12-84)121-71(49(108)37(60)96)131-58-23(10-82)119-69(47(106)35(58)94)129-56-21(8-80)117-67(45(104)33(56)92)127-54-19(6-78)115-65(43(102)31(54)90)125-52-17(4-76)113-63(111-2)41(100)29(52)88/h15-110H,3-14H2,1-2H3/t15-,16?,17?,18?,19?,20?,21?,22?,23?,24?,25?,26?,27?,28+,29-,30-,31-,32-,33-,34-,35-,36-,37-,38-,39-,40?,41?,42?,43?,44?,45?,46?,47?,48?,49?,50?,51?,52-,53-,54-,55-,56-,57-,58-,59-,60-,61-,62-,63-,64+,65+,66+,67+,68+,69+,70+,71+,72+,73+,74+/m1/s1. The molecule has 0 amide bonds. The highest BCUT2D eigenvalue weighted by Gasteiger charge is 2.63. The van der Waals surface area contributed by atoms with Crippen LogP contribution in [0.3, 0.4) is 0 Å². The molecule has 12 fully saturated rings. The minimum Gasteiger partial charge on any atom is -0.394 e. The molecule has 12 heterocycles. The molecule has 24 unspecified atom stereocenters. The molecule has 12 rings (SSSR count). The van der Waals surface area contributed by atoms with Crippen LogP contribution >= 0.6 is 0 Å². The van der Waals surface area contributed by atoms with Crippen molar-refractivity contribution in [3.63, 3.8) is 0 Å². The summed E-state index contributed by atoms with van der Waals surface area (Å²) in [6.45, 7) is -11.1. The Bertz CT molecular complexity index is 3360. The maximum absolute atomic E-state index is 11.6. The smallest absolute Gasteiger partial charge is 0.187 e. The SMILES string of the molecule is CO[C@@H]1OC(CO)[C@@H](O[C@@H]2OC(CO)[C@@H](O[C@@H]3OC(CO)[C@@H](O[C@@H]4OC(CO)[C@@H](O[C@@H]5OC(CO)[C@@H](O[C@@H]6OC(CO)[C@@H](O[C@@H]7OC(CO)[C@@H](O[C@@H]8OC(CO)[C@@H](O[C@@H]9OC(CO)[C@@H](O[C@@H]%10OC(CO)[C@@H](O[C@@H]%11OC(CO)[C@@H](O[C@@H]%12OC(CO)[C@@H](C)[C@H](O)C%12O)[C@H](O)C%11O)[C@H](O)C%10O)[C@H](O)C9O)[C@H](O)C8O)[C@H](O)C7O)[C@H](O)C6O)[C@H](O)C5O)[C@H](O)C4O)[C@H](O)C3O)[C@H](O)C2O)[C@H](O)C1O. The summed E-state index contributed by atoms with van der Waals surface area (Å²) in [4.78, 5) is 0. The van der Waals surface area contributed by atoms with Crippen LogP contribution in [-0.4, -0.2) is 633 Å². The summed E-state index contributed by atoms with van der Waals surface area (Å²) in [5.41, 5.74) is 0. The molecule has 12 aliphatic heterocycles. The minimum absolute atomic E-state index is 0.629. The fourth-order valence-electron chi connectivity index (χ4n) is 17.8. The van der Waals surface area contributed by atoms with Crippen LogP contribution < -0.4 is 0 Å². The van der Waals surface area contributed by atoms with Crippen LogP contribution in [0, 0.1) is 5.92 Å². The predicted molar refractivity (Wildman–Crippen MR) is 403 cm³/mol. The molecule has 0 aliphatic carbocycles. The number of methoxy groups -OCH3 is 1. The van der Waals surface area contributed by atoms with Crippen molar-refractivity contribution < 1.29 is 298 Å². The van der Waals surface area contributed by atoms with E-state index in [1.54, 1.807) is 0 Å². The molecule has 12 aliphatic rings. The molecule has 36 N–H and O–H groups in total. The fraction of sp³-hybridized carbons (Fsp3) is 1.00. The number of hydrogen-bond acceptors (Lipinski definition) is 60. The van der Waals surface area contributed by atoms with Crippen molar-refractivity contribution in [3.05, 3.63) is 0 Å². The van der Waals surface area contributed by atoms with Crippen molar-refractivity contribution in [1.29, 1.82) is 0 Å². The Morgan fingerprint density at radius 3 is 0.351 bits per heavy atom. The molecule has 0 aromatic carbocycles. The molecule has 0 aromatic rings. The van der Waals surface area contributed by atoms with E-state index in [9.17, 15) is 184 Å². The molecule has 0 bridgehead atoms. The first-order valence-corrected chi connectivity index (χ1v) is 43.0. The Morgan fingerprint density at radius 1 is 0.142 bits per heavy atom. The first kappa shape index (κ1) is 110. The number of aliphatic hydroxyl groups is 36. The summed E-state index contributed by atoms with van der Waals surface area (Å²) in [5.74, 6) is -0.792. The lowest BCUT2D eigenvalue weighted by Crippen LogP contribution is -2.69. The van der Waals surface area contributed by atoms with Gasteiger partial charge in [-0.3, -0.25) is 0 Å². The summed E-state index contributed by atoms with van der Waals surface area (Å²) in [6.07, 6.45) is -118. The van der Waals surface area contributed by atoms with E-state index >= 15 is 0 Å². The van der Waals surface area contributed by atoms with Gasteiger partial charge in [0.1, 0.15) is 275 Å². The average molecular weight is 1980 g/mol. The zero-order valence-electron chi connectivity index (χ0n) is 71.0. The van der Waals surface area contributed by atoms with Gasteiger partial charge >= 0.3 is 0 Å². The third kappa shape index (κ3) is 22.7. The molecule has 60 nitrogen and oxygen atoms in total. The van der Waals surface area contributed by atoms with E-state index in [1.807, 2.05) is 0 Å². The van der Waals surface area contributed by atoms with E-state index in [-0.39, 0.29) is 0 Å². The van der Waals surface area contributed by atoms with Gasteiger partial charge in [0.2, 0.25) is 0 Å². The zero-order valence-corrected chi connectivity index (χ0v) is 71.0. The second kappa shape index (κ2) is 48.1. The van der Waals surface area contributed by atoms with E-state index in [0.29, 0.717) is 0 Å². The van der Waals surface area contributed by atoms with E-state index in [1.165, 1.54) is 6.92 Å². The molecule has 12 saturated heterocycles. The number of aliphatic hydroxyl groups excluding tert-OH is 36. The monoisotopic (exact) mass is 1970 g/mol.